The molecule has 2 aromatic carbocycles. The number of nitrogens with one attached hydrogen (secondary N) is 1. The van der Waals surface area contributed by atoms with Crippen LogP contribution in [0.15, 0.2) is 48.5 Å². The summed E-state index contributed by atoms with van der Waals surface area (Å²) in [5.41, 5.74) is 1.72. The number of carbonyl (C=O) groups excluding carboxylic acids is 2. The molecule has 0 radical (unpaired) electrons. The van der Waals surface area contributed by atoms with Gasteiger partial charge in [0.15, 0.2) is 6.61 Å². The molecule has 2 rings (SSSR count). The Kier molecular flexibility index (Phi) is 8.70. The molecule has 0 saturated carbocycles. The molecule has 1 atom stereocenters. The molecule has 0 spiro atoms. The summed E-state index contributed by atoms with van der Waals surface area (Å²) < 4.78 is 6.81. The van der Waals surface area contributed by atoms with Gasteiger partial charge in [0.1, 0.15) is 11.8 Å². The number of halogens is 1. The lowest BCUT2D eigenvalue weighted by Gasteiger charge is -2.33. The van der Waals surface area contributed by atoms with E-state index in [0.29, 0.717) is 18.7 Å². The van der Waals surface area contributed by atoms with E-state index in [4.69, 9.17) is 4.74 Å². The van der Waals surface area contributed by atoms with Gasteiger partial charge in [0.25, 0.3) is 5.91 Å². The maximum Gasteiger partial charge on any atom is 0.261 e. The SMILES string of the molecule is CC[C@H](C(=O)NC(C)(C)C)N(Cc1cccc(C)c1)C(=O)COc1ccc(I)cc1. The highest BCUT2D eigenvalue weighted by Crippen LogP contribution is 2.17. The maximum absolute atomic E-state index is 13.2. The summed E-state index contributed by atoms with van der Waals surface area (Å²) in [6.45, 7) is 9.97. The third-order valence-electron chi connectivity index (χ3n) is 4.50. The summed E-state index contributed by atoms with van der Waals surface area (Å²) in [5, 5.41) is 3.01. The van der Waals surface area contributed by atoms with Gasteiger partial charge >= 0.3 is 0 Å². The van der Waals surface area contributed by atoms with Crippen molar-refractivity contribution in [2.75, 3.05) is 6.61 Å². The van der Waals surface area contributed by atoms with Crippen LogP contribution in [0.25, 0.3) is 0 Å². The third-order valence-corrected chi connectivity index (χ3v) is 5.21. The summed E-state index contributed by atoms with van der Waals surface area (Å²) in [6, 6.07) is 14.9. The Morgan fingerprint density at radius 2 is 1.80 bits per heavy atom. The summed E-state index contributed by atoms with van der Waals surface area (Å²) >= 11 is 2.22. The number of benzene rings is 2. The molecule has 0 aliphatic carbocycles. The molecular weight excluding hydrogens is 491 g/mol. The predicted octanol–water partition coefficient (Wildman–Crippen LogP) is 4.70. The monoisotopic (exact) mass is 522 g/mol. The van der Waals surface area contributed by atoms with Gasteiger partial charge in [-0.05, 0) is 86.5 Å². The highest BCUT2D eigenvalue weighted by atomic mass is 127. The first-order valence-electron chi connectivity index (χ1n) is 10.1. The highest BCUT2D eigenvalue weighted by molar-refractivity contribution is 14.1. The van der Waals surface area contributed by atoms with E-state index in [0.717, 1.165) is 14.7 Å². The number of hydrogen-bond donors (Lipinski definition) is 1. The molecule has 0 aliphatic heterocycles. The zero-order valence-corrected chi connectivity index (χ0v) is 20.5. The van der Waals surface area contributed by atoms with Gasteiger partial charge in [-0.15, -0.1) is 0 Å². The number of rotatable bonds is 8. The fourth-order valence-corrected chi connectivity index (χ4v) is 3.50. The summed E-state index contributed by atoms with van der Waals surface area (Å²) in [7, 11) is 0. The minimum atomic E-state index is -0.572. The van der Waals surface area contributed by atoms with Crippen LogP contribution < -0.4 is 10.1 Å². The molecular formula is C24H31IN2O3. The standard InChI is InChI=1S/C24H31IN2O3/c1-6-21(23(29)26-24(3,4)5)27(15-18-9-7-8-17(2)14-18)22(28)16-30-20-12-10-19(25)11-13-20/h7-14,21H,6,15-16H2,1-5H3,(H,26,29)/t21-/m1/s1. The predicted molar refractivity (Wildman–Crippen MR) is 128 cm³/mol. The van der Waals surface area contributed by atoms with Crippen LogP contribution in [0.1, 0.15) is 45.2 Å². The van der Waals surface area contributed by atoms with Crippen molar-refractivity contribution >= 4 is 34.4 Å². The molecule has 0 unspecified atom stereocenters. The maximum atomic E-state index is 13.2. The molecule has 162 valence electrons. The molecule has 0 fully saturated rings. The van der Waals surface area contributed by atoms with E-state index in [1.807, 2.05) is 83.1 Å². The lowest BCUT2D eigenvalue weighted by atomic mass is 10.1. The van der Waals surface area contributed by atoms with Crippen molar-refractivity contribution in [2.45, 2.75) is 59.2 Å². The first-order chi connectivity index (χ1) is 14.1. The van der Waals surface area contributed by atoms with Crippen molar-refractivity contribution in [1.29, 1.82) is 0 Å². The number of aryl methyl sites for hydroxylation is 1. The van der Waals surface area contributed by atoms with Gasteiger partial charge in [-0.3, -0.25) is 9.59 Å². The first-order valence-corrected chi connectivity index (χ1v) is 11.2. The number of ether oxygens (including phenoxy) is 1. The fraction of sp³-hybridized carbons (Fsp3) is 0.417. The van der Waals surface area contributed by atoms with Gasteiger partial charge in [-0.25, -0.2) is 0 Å². The van der Waals surface area contributed by atoms with E-state index in [2.05, 4.69) is 27.9 Å². The quantitative estimate of drug-likeness (QED) is 0.512. The van der Waals surface area contributed by atoms with Gasteiger partial charge in [0.2, 0.25) is 5.91 Å². The highest BCUT2D eigenvalue weighted by Gasteiger charge is 2.30. The molecule has 0 bridgehead atoms. The molecule has 6 heteroatoms. The summed E-state index contributed by atoms with van der Waals surface area (Å²) in [5.74, 6) is 0.262. The molecule has 0 heterocycles. The second kappa shape index (κ2) is 10.8. The Bertz CT molecular complexity index is 859. The van der Waals surface area contributed by atoms with Crippen molar-refractivity contribution < 1.29 is 14.3 Å². The van der Waals surface area contributed by atoms with Crippen molar-refractivity contribution in [3.63, 3.8) is 0 Å². The van der Waals surface area contributed by atoms with E-state index < -0.39 is 6.04 Å². The third kappa shape index (κ3) is 7.63. The van der Waals surface area contributed by atoms with Crippen LogP contribution in [0.3, 0.4) is 0 Å². The van der Waals surface area contributed by atoms with E-state index >= 15 is 0 Å². The van der Waals surface area contributed by atoms with Gasteiger partial charge in [-0.1, -0.05) is 36.8 Å². The first kappa shape index (κ1) is 24.2. The van der Waals surface area contributed by atoms with Crippen LogP contribution in [0.5, 0.6) is 5.75 Å². The van der Waals surface area contributed by atoms with Crippen molar-refractivity contribution in [2.24, 2.45) is 0 Å². The van der Waals surface area contributed by atoms with E-state index in [1.54, 1.807) is 4.90 Å². The van der Waals surface area contributed by atoms with Crippen LogP contribution in [-0.4, -0.2) is 34.9 Å². The summed E-state index contributed by atoms with van der Waals surface area (Å²) in [4.78, 5) is 27.7. The minimum Gasteiger partial charge on any atom is -0.484 e. The molecule has 2 amide bonds. The van der Waals surface area contributed by atoms with Gasteiger partial charge < -0.3 is 15.0 Å². The molecule has 30 heavy (non-hydrogen) atoms. The van der Waals surface area contributed by atoms with Crippen LogP contribution in [0, 0.1) is 10.5 Å². The Morgan fingerprint density at radius 3 is 2.37 bits per heavy atom. The lowest BCUT2D eigenvalue weighted by molar-refractivity contribution is -0.143. The van der Waals surface area contributed by atoms with Crippen LogP contribution in [0.4, 0.5) is 0 Å². The molecule has 2 aromatic rings. The molecule has 5 nitrogen and oxygen atoms in total. The van der Waals surface area contributed by atoms with Crippen LogP contribution >= 0.6 is 22.6 Å². The Hall–Kier alpha value is -2.09. The van der Waals surface area contributed by atoms with E-state index in [-0.39, 0.29) is 24.0 Å². The molecule has 0 aromatic heterocycles. The second-order valence-corrected chi connectivity index (χ2v) is 9.66. The normalized spacial score (nSPS) is 12.2. The van der Waals surface area contributed by atoms with E-state index in [1.165, 1.54) is 0 Å². The lowest BCUT2D eigenvalue weighted by Crippen LogP contribution is -2.54. The Labute approximate surface area is 193 Å². The van der Waals surface area contributed by atoms with Gasteiger partial charge in [0, 0.05) is 15.7 Å². The zero-order valence-electron chi connectivity index (χ0n) is 18.4. The average molecular weight is 522 g/mol. The van der Waals surface area contributed by atoms with Gasteiger partial charge in [-0.2, -0.15) is 0 Å². The van der Waals surface area contributed by atoms with Crippen LogP contribution in [0.2, 0.25) is 0 Å². The van der Waals surface area contributed by atoms with Crippen molar-refractivity contribution in [3.05, 3.63) is 63.2 Å². The molecule has 0 saturated heterocycles. The number of amides is 2. The van der Waals surface area contributed by atoms with E-state index in [9.17, 15) is 9.59 Å². The zero-order chi connectivity index (χ0) is 22.3. The minimum absolute atomic E-state index is 0.119. The van der Waals surface area contributed by atoms with Crippen LogP contribution in [-0.2, 0) is 16.1 Å². The molecule has 1 N–H and O–H groups in total. The van der Waals surface area contributed by atoms with Crippen molar-refractivity contribution in [3.8, 4) is 5.75 Å². The largest absolute Gasteiger partial charge is 0.484 e. The Balaban J connectivity index is 2.22. The number of carbonyl (C=O) groups is 2. The summed E-state index contributed by atoms with van der Waals surface area (Å²) in [6.07, 6.45) is 0.517. The smallest absolute Gasteiger partial charge is 0.261 e. The van der Waals surface area contributed by atoms with Crippen molar-refractivity contribution in [1.82, 2.24) is 10.2 Å². The number of hydrogen-bond acceptors (Lipinski definition) is 3. The number of nitrogens with zero attached hydrogens (tertiary/aromatic N) is 1. The second-order valence-electron chi connectivity index (χ2n) is 8.42. The fourth-order valence-electron chi connectivity index (χ4n) is 3.14. The molecule has 0 aliphatic rings. The topological polar surface area (TPSA) is 58.6 Å². The van der Waals surface area contributed by atoms with Gasteiger partial charge in [0.05, 0.1) is 0 Å². The average Bonchev–Trinajstić information content (AvgIpc) is 2.66. The Morgan fingerprint density at radius 1 is 1.13 bits per heavy atom.